The van der Waals surface area contributed by atoms with E-state index in [2.05, 4.69) is 24.2 Å². The van der Waals surface area contributed by atoms with Crippen LogP contribution in [0.25, 0.3) is 0 Å². The van der Waals surface area contributed by atoms with Crippen molar-refractivity contribution in [2.75, 3.05) is 13.1 Å². The summed E-state index contributed by atoms with van der Waals surface area (Å²) in [7, 11) is 0. The number of hydrogen-bond donors (Lipinski definition) is 2. The Labute approximate surface area is 103 Å². The smallest absolute Gasteiger partial charge is 0.0951 e. The largest absolute Gasteiger partial charge is 0.472 e. The molecule has 2 heterocycles. The fraction of sp³-hybridized carbons (Fsp3) is 0.692. The van der Waals surface area contributed by atoms with Gasteiger partial charge in [0.2, 0.25) is 0 Å². The first-order valence-electron chi connectivity index (χ1n) is 6.45. The molecule has 2 rings (SSSR count). The normalized spacial score (nSPS) is 22.5. The summed E-state index contributed by atoms with van der Waals surface area (Å²) in [4.78, 5) is 2.55. The van der Waals surface area contributed by atoms with Crippen LogP contribution in [0.5, 0.6) is 0 Å². The zero-order chi connectivity index (χ0) is 12.3. The summed E-state index contributed by atoms with van der Waals surface area (Å²) in [5, 5.41) is 0. The van der Waals surface area contributed by atoms with E-state index < -0.39 is 0 Å². The third-order valence-corrected chi connectivity index (χ3v) is 4.21. The number of rotatable bonds is 5. The molecule has 1 saturated heterocycles. The Balaban J connectivity index is 2.25. The van der Waals surface area contributed by atoms with Gasteiger partial charge in [-0.05, 0) is 45.3 Å². The Morgan fingerprint density at radius 1 is 1.53 bits per heavy atom. The van der Waals surface area contributed by atoms with Crippen LogP contribution < -0.4 is 11.3 Å². The average Bonchev–Trinajstić information content (AvgIpc) is 3.02. The molecule has 0 radical (unpaired) electrons. The molecule has 0 amide bonds. The zero-order valence-electron chi connectivity index (χ0n) is 10.8. The summed E-state index contributed by atoms with van der Waals surface area (Å²) in [6, 6.07) is 2.11. The van der Waals surface area contributed by atoms with Crippen molar-refractivity contribution in [3.8, 4) is 0 Å². The number of hydrogen-bond acceptors (Lipinski definition) is 4. The maximum Gasteiger partial charge on any atom is 0.0951 e. The van der Waals surface area contributed by atoms with Crippen molar-refractivity contribution >= 4 is 0 Å². The van der Waals surface area contributed by atoms with Crippen LogP contribution in [0.4, 0.5) is 0 Å². The van der Waals surface area contributed by atoms with Crippen LogP contribution in [-0.2, 0) is 0 Å². The van der Waals surface area contributed by atoms with Crippen LogP contribution in [0.1, 0.15) is 44.7 Å². The Bertz CT molecular complexity index is 332. The predicted molar refractivity (Wildman–Crippen MR) is 68.3 cm³/mol. The minimum absolute atomic E-state index is 0.0507. The summed E-state index contributed by atoms with van der Waals surface area (Å²) >= 11 is 0. The first kappa shape index (κ1) is 12.6. The van der Waals surface area contributed by atoms with Gasteiger partial charge in [0.15, 0.2) is 0 Å². The molecule has 17 heavy (non-hydrogen) atoms. The van der Waals surface area contributed by atoms with E-state index in [0.29, 0.717) is 0 Å². The topological polar surface area (TPSA) is 54.4 Å². The molecule has 1 fully saturated rings. The molecule has 0 aromatic carbocycles. The number of hydrazine groups is 1. The van der Waals surface area contributed by atoms with Gasteiger partial charge in [-0.1, -0.05) is 6.92 Å². The molecule has 0 bridgehead atoms. The first-order chi connectivity index (χ1) is 8.22. The molecule has 0 saturated carbocycles. The van der Waals surface area contributed by atoms with Crippen molar-refractivity contribution in [2.24, 2.45) is 5.84 Å². The Hall–Kier alpha value is -0.840. The second-order valence-corrected chi connectivity index (χ2v) is 5.06. The molecule has 1 aliphatic heterocycles. The SMILES string of the molecule is CCC(C)(C(NN)c1ccoc1)N1CCCC1. The third-order valence-electron chi connectivity index (χ3n) is 4.21. The van der Waals surface area contributed by atoms with Crippen molar-refractivity contribution in [1.82, 2.24) is 10.3 Å². The maximum atomic E-state index is 5.77. The van der Waals surface area contributed by atoms with E-state index in [-0.39, 0.29) is 11.6 Å². The molecule has 0 aliphatic carbocycles. The van der Waals surface area contributed by atoms with E-state index in [1.807, 2.05) is 6.07 Å². The van der Waals surface area contributed by atoms with Gasteiger partial charge < -0.3 is 4.42 Å². The van der Waals surface area contributed by atoms with Crippen LogP contribution in [-0.4, -0.2) is 23.5 Å². The number of nitrogens with one attached hydrogen (secondary N) is 1. The monoisotopic (exact) mass is 237 g/mol. The van der Waals surface area contributed by atoms with Crippen molar-refractivity contribution in [2.45, 2.75) is 44.7 Å². The molecule has 1 aromatic heterocycles. The van der Waals surface area contributed by atoms with Crippen LogP contribution >= 0.6 is 0 Å². The van der Waals surface area contributed by atoms with Gasteiger partial charge in [0.1, 0.15) is 0 Å². The molecule has 4 heteroatoms. The van der Waals surface area contributed by atoms with Crippen LogP contribution in [0, 0.1) is 0 Å². The van der Waals surface area contributed by atoms with E-state index in [0.717, 1.165) is 12.0 Å². The highest BCUT2D eigenvalue weighted by Gasteiger charge is 2.40. The van der Waals surface area contributed by atoms with Crippen molar-refractivity contribution in [1.29, 1.82) is 0 Å². The van der Waals surface area contributed by atoms with E-state index in [1.165, 1.54) is 25.9 Å². The Morgan fingerprint density at radius 2 is 2.24 bits per heavy atom. The van der Waals surface area contributed by atoms with Gasteiger partial charge >= 0.3 is 0 Å². The molecule has 1 aromatic rings. The second-order valence-electron chi connectivity index (χ2n) is 5.06. The second kappa shape index (κ2) is 5.21. The summed E-state index contributed by atoms with van der Waals surface area (Å²) in [5.74, 6) is 5.77. The summed E-state index contributed by atoms with van der Waals surface area (Å²) in [6.45, 7) is 6.85. The minimum Gasteiger partial charge on any atom is -0.472 e. The lowest BCUT2D eigenvalue weighted by atomic mass is 9.84. The van der Waals surface area contributed by atoms with E-state index >= 15 is 0 Å². The first-order valence-corrected chi connectivity index (χ1v) is 6.45. The van der Waals surface area contributed by atoms with Gasteiger partial charge in [-0.2, -0.15) is 0 Å². The lowest BCUT2D eigenvalue weighted by molar-refractivity contribution is 0.0837. The molecule has 1 aliphatic rings. The maximum absolute atomic E-state index is 5.77. The third kappa shape index (κ3) is 2.25. The molecule has 2 unspecified atom stereocenters. The van der Waals surface area contributed by atoms with Crippen LogP contribution in [0.3, 0.4) is 0 Å². The van der Waals surface area contributed by atoms with E-state index in [4.69, 9.17) is 10.3 Å². The van der Waals surface area contributed by atoms with Crippen molar-refractivity contribution in [3.05, 3.63) is 24.2 Å². The summed E-state index contributed by atoms with van der Waals surface area (Å²) in [5.41, 5.74) is 4.15. The van der Waals surface area contributed by atoms with Gasteiger partial charge in [-0.3, -0.25) is 16.2 Å². The quantitative estimate of drug-likeness (QED) is 0.608. The molecule has 3 N–H and O–H groups in total. The van der Waals surface area contributed by atoms with Gasteiger partial charge in [0.25, 0.3) is 0 Å². The highest BCUT2D eigenvalue weighted by atomic mass is 16.3. The van der Waals surface area contributed by atoms with Crippen molar-refractivity contribution in [3.63, 3.8) is 0 Å². The number of nitrogens with two attached hydrogens (primary N) is 1. The molecular formula is C13H23N3O. The Kier molecular flexibility index (Phi) is 3.86. The van der Waals surface area contributed by atoms with Gasteiger partial charge in [0.05, 0.1) is 18.6 Å². The standard InChI is InChI=1S/C13H23N3O/c1-3-13(2,16-7-4-5-8-16)12(15-14)11-6-9-17-10-11/h6,9-10,12,15H,3-5,7-8,14H2,1-2H3. The van der Waals surface area contributed by atoms with Gasteiger partial charge in [-0.15, -0.1) is 0 Å². The molecule has 0 spiro atoms. The number of furan rings is 1. The lowest BCUT2D eigenvalue weighted by Gasteiger charge is -2.43. The average molecular weight is 237 g/mol. The zero-order valence-corrected chi connectivity index (χ0v) is 10.8. The molecular weight excluding hydrogens is 214 g/mol. The fourth-order valence-corrected chi connectivity index (χ4v) is 2.91. The molecule has 4 nitrogen and oxygen atoms in total. The van der Waals surface area contributed by atoms with Crippen LogP contribution in [0.15, 0.2) is 23.0 Å². The van der Waals surface area contributed by atoms with Crippen molar-refractivity contribution < 1.29 is 4.42 Å². The predicted octanol–water partition coefficient (Wildman–Crippen LogP) is 2.05. The number of nitrogens with zero attached hydrogens (tertiary/aromatic N) is 1. The minimum atomic E-state index is 0.0507. The van der Waals surface area contributed by atoms with Crippen LogP contribution in [0.2, 0.25) is 0 Å². The van der Waals surface area contributed by atoms with Gasteiger partial charge in [-0.25, -0.2) is 0 Å². The highest BCUT2D eigenvalue weighted by molar-refractivity contribution is 5.18. The fourth-order valence-electron chi connectivity index (χ4n) is 2.91. The lowest BCUT2D eigenvalue weighted by Crippen LogP contribution is -2.54. The summed E-state index contributed by atoms with van der Waals surface area (Å²) in [6.07, 6.45) is 7.14. The van der Waals surface area contributed by atoms with E-state index in [1.54, 1.807) is 12.5 Å². The highest BCUT2D eigenvalue weighted by Crippen LogP contribution is 2.36. The molecule has 2 atom stereocenters. The molecule has 96 valence electrons. The Morgan fingerprint density at radius 3 is 2.71 bits per heavy atom. The van der Waals surface area contributed by atoms with Gasteiger partial charge in [0, 0.05) is 11.1 Å². The van der Waals surface area contributed by atoms with E-state index in [9.17, 15) is 0 Å². The number of likely N-dealkylation sites (tertiary alicyclic amines) is 1. The summed E-state index contributed by atoms with van der Waals surface area (Å²) < 4.78 is 5.19.